The van der Waals surface area contributed by atoms with Gasteiger partial charge in [-0.3, -0.25) is 0 Å². The molecule has 1 aliphatic rings. The molecule has 0 aliphatic heterocycles. The Kier molecular flexibility index (Phi) is 4.62. The third kappa shape index (κ3) is 3.92. The fraction of sp³-hybridized carbons (Fsp3) is 0.211. The highest BCUT2D eigenvalue weighted by atomic mass is 16.4. The first kappa shape index (κ1) is 15.2. The molecule has 2 aromatic rings. The van der Waals surface area contributed by atoms with Crippen molar-refractivity contribution in [1.82, 2.24) is 0 Å². The topological polar surface area (TPSA) is 64.2 Å². The van der Waals surface area contributed by atoms with E-state index in [1.807, 2.05) is 54.6 Å². The Balaban J connectivity index is 1.71. The second-order valence-corrected chi connectivity index (χ2v) is 5.65. The lowest BCUT2D eigenvalue weighted by molar-refractivity contribution is -0.299. The number of carboxylic acids is 1. The van der Waals surface area contributed by atoms with Crippen LogP contribution >= 0.6 is 0 Å². The van der Waals surface area contributed by atoms with Gasteiger partial charge in [0.2, 0.25) is 0 Å². The second kappa shape index (κ2) is 7.01. The third-order valence-electron chi connectivity index (χ3n) is 3.96. The van der Waals surface area contributed by atoms with Crippen LogP contribution in [-0.2, 0) is 4.79 Å². The van der Waals surface area contributed by atoms with Crippen molar-refractivity contribution < 1.29 is 9.90 Å². The van der Waals surface area contributed by atoms with Crippen LogP contribution in [0.2, 0.25) is 0 Å². The smallest absolute Gasteiger partial charge is 0.0692 e. The number of nitrogens with one attached hydrogen (secondary N) is 2. The largest absolute Gasteiger partial charge is 0.545 e. The molecule has 0 atom stereocenters. The van der Waals surface area contributed by atoms with Crippen LogP contribution in [0.1, 0.15) is 25.7 Å². The van der Waals surface area contributed by atoms with E-state index in [9.17, 15) is 9.90 Å². The zero-order valence-electron chi connectivity index (χ0n) is 12.8. The van der Waals surface area contributed by atoms with Crippen molar-refractivity contribution in [2.24, 2.45) is 0 Å². The normalized spacial score (nSPS) is 14.4. The van der Waals surface area contributed by atoms with Crippen LogP contribution in [0.5, 0.6) is 0 Å². The number of hydrogen-bond donors (Lipinski definition) is 2. The van der Waals surface area contributed by atoms with Crippen molar-refractivity contribution in [2.45, 2.75) is 25.7 Å². The zero-order chi connectivity index (χ0) is 16.1. The molecule has 0 saturated carbocycles. The van der Waals surface area contributed by atoms with Gasteiger partial charge in [0.1, 0.15) is 0 Å². The molecule has 2 aromatic carbocycles. The first-order valence-electron chi connectivity index (χ1n) is 7.85. The average molecular weight is 307 g/mol. The lowest BCUT2D eigenvalue weighted by Gasteiger charge is -2.22. The average Bonchev–Trinajstić information content (AvgIpc) is 2.58. The molecule has 0 radical (unpaired) electrons. The first-order valence-corrected chi connectivity index (χ1v) is 7.85. The SMILES string of the molecule is O=C([O-])C1=C(Nc2ccc(Nc3ccccc3)cc2)CCCC1. The fourth-order valence-electron chi connectivity index (χ4n) is 2.77. The summed E-state index contributed by atoms with van der Waals surface area (Å²) in [6, 6.07) is 17.8. The summed E-state index contributed by atoms with van der Waals surface area (Å²) in [5, 5.41) is 17.7. The minimum atomic E-state index is -1.06. The van der Waals surface area contributed by atoms with E-state index in [4.69, 9.17) is 0 Å². The maximum absolute atomic E-state index is 11.2. The minimum absolute atomic E-state index is 0.405. The molecule has 4 nitrogen and oxygen atoms in total. The number of anilines is 3. The maximum Gasteiger partial charge on any atom is 0.0692 e. The summed E-state index contributed by atoms with van der Waals surface area (Å²) in [5.74, 6) is -1.06. The van der Waals surface area contributed by atoms with E-state index in [-0.39, 0.29) is 0 Å². The van der Waals surface area contributed by atoms with Gasteiger partial charge in [0.15, 0.2) is 0 Å². The van der Waals surface area contributed by atoms with Gasteiger partial charge in [-0.25, -0.2) is 0 Å². The van der Waals surface area contributed by atoms with Gasteiger partial charge in [-0.15, -0.1) is 0 Å². The van der Waals surface area contributed by atoms with Crippen molar-refractivity contribution in [3.63, 3.8) is 0 Å². The highest BCUT2D eigenvalue weighted by molar-refractivity contribution is 5.86. The summed E-state index contributed by atoms with van der Waals surface area (Å²) < 4.78 is 0. The maximum atomic E-state index is 11.2. The molecule has 4 heteroatoms. The Hall–Kier alpha value is -2.75. The van der Waals surface area contributed by atoms with Gasteiger partial charge in [0.25, 0.3) is 0 Å². The Bertz CT molecular complexity index is 706. The summed E-state index contributed by atoms with van der Waals surface area (Å²) >= 11 is 0. The van der Waals surface area contributed by atoms with Crippen LogP contribution < -0.4 is 15.7 Å². The van der Waals surface area contributed by atoms with Crippen LogP contribution in [-0.4, -0.2) is 5.97 Å². The molecule has 1 aliphatic carbocycles. The Labute approximate surface area is 135 Å². The van der Waals surface area contributed by atoms with Crippen LogP contribution in [0.4, 0.5) is 17.1 Å². The zero-order valence-corrected chi connectivity index (χ0v) is 12.8. The van der Waals surface area contributed by atoms with Crippen LogP contribution in [0, 0.1) is 0 Å². The highest BCUT2D eigenvalue weighted by Gasteiger charge is 2.13. The van der Waals surface area contributed by atoms with E-state index in [2.05, 4.69) is 10.6 Å². The quantitative estimate of drug-likeness (QED) is 0.888. The summed E-state index contributed by atoms with van der Waals surface area (Å²) in [5.41, 5.74) is 4.09. The van der Waals surface area contributed by atoms with Gasteiger partial charge < -0.3 is 20.5 Å². The van der Waals surface area contributed by atoms with E-state index >= 15 is 0 Å². The van der Waals surface area contributed by atoms with E-state index in [1.54, 1.807) is 0 Å². The number of rotatable bonds is 5. The molecule has 0 fully saturated rings. The molecule has 0 spiro atoms. The molecule has 3 rings (SSSR count). The van der Waals surface area contributed by atoms with Crippen molar-refractivity contribution in [1.29, 1.82) is 0 Å². The van der Waals surface area contributed by atoms with Crippen molar-refractivity contribution >= 4 is 23.0 Å². The number of para-hydroxylation sites is 1. The molecule has 0 heterocycles. The number of aliphatic carboxylic acids is 1. The van der Waals surface area contributed by atoms with Crippen molar-refractivity contribution in [2.75, 3.05) is 10.6 Å². The van der Waals surface area contributed by atoms with Gasteiger partial charge in [-0.1, -0.05) is 18.2 Å². The monoisotopic (exact) mass is 307 g/mol. The molecule has 23 heavy (non-hydrogen) atoms. The van der Waals surface area contributed by atoms with E-state index in [1.165, 1.54) is 0 Å². The molecule has 2 N–H and O–H groups in total. The van der Waals surface area contributed by atoms with Gasteiger partial charge >= 0.3 is 0 Å². The first-order chi connectivity index (χ1) is 11.2. The van der Waals surface area contributed by atoms with Gasteiger partial charge in [0.05, 0.1) is 5.97 Å². The Morgan fingerprint density at radius 2 is 1.35 bits per heavy atom. The molecule has 0 aromatic heterocycles. The van der Waals surface area contributed by atoms with Gasteiger partial charge in [-0.2, -0.15) is 0 Å². The predicted molar refractivity (Wildman–Crippen MR) is 90.3 cm³/mol. The number of carboxylic acid groups (broad SMARTS) is 1. The molecular weight excluding hydrogens is 288 g/mol. The molecule has 0 amide bonds. The van der Waals surface area contributed by atoms with Crippen molar-refractivity contribution in [3.05, 3.63) is 65.9 Å². The Morgan fingerprint density at radius 1 is 0.783 bits per heavy atom. The molecule has 118 valence electrons. The third-order valence-corrected chi connectivity index (χ3v) is 3.96. The molecule has 0 unspecified atom stereocenters. The molecule has 0 bridgehead atoms. The molecular formula is C19H19N2O2-. The van der Waals surface area contributed by atoms with E-state index in [0.29, 0.717) is 12.0 Å². The van der Waals surface area contributed by atoms with Crippen LogP contribution in [0.15, 0.2) is 65.9 Å². The highest BCUT2D eigenvalue weighted by Crippen LogP contribution is 2.26. The van der Waals surface area contributed by atoms with E-state index < -0.39 is 5.97 Å². The van der Waals surface area contributed by atoms with Crippen LogP contribution in [0.3, 0.4) is 0 Å². The number of carbonyl (C=O) groups is 1. The fourth-order valence-corrected chi connectivity index (χ4v) is 2.77. The number of allylic oxidation sites excluding steroid dienone is 1. The predicted octanol–water partition coefficient (Wildman–Crippen LogP) is 3.42. The lowest BCUT2D eigenvalue weighted by Crippen LogP contribution is -2.28. The van der Waals surface area contributed by atoms with Gasteiger partial charge in [-0.05, 0) is 67.7 Å². The Morgan fingerprint density at radius 3 is 2.00 bits per heavy atom. The summed E-state index contributed by atoms with van der Waals surface area (Å²) in [7, 11) is 0. The van der Waals surface area contributed by atoms with Crippen LogP contribution in [0.25, 0.3) is 0 Å². The standard InChI is InChI=1S/C19H20N2O2/c22-19(23)17-8-4-5-9-18(17)21-16-12-10-15(11-13-16)20-14-6-2-1-3-7-14/h1-3,6-7,10-13,20-21H,4-5,8-9H2,(H,22,23)/p-1. The molecule has 0 saturated heterocycles. The summed E-state index contributed by atoms with van der Waals surface area (Å²) in [6.07, 6.45) is 3.26. The second-order valence-electron chi connectivity index (χ2n) is 5.65. The van der Waals surface area contributed by atoms with Gasteiger partial charge in [0, 0.05) is 22.8 Å². The van der Waals surface area contributed by atoms with Crippen molar-refractivity contribution in [3.8, 4) is 0 Å². The number of benzene rings is 2. The minimum Gasteiger partial charge on any atom is -0.545 e. The number of hydrogen-bond acceptors (Lipinski definition) is 4. The van der Waals surface area contributed by atoms with E-state index in [0.717, 1.165) is 42.0 Å². The summed E-state index contributed by atoms with van der Waals surface area (Å²) in [4.78, 5) is 11.2. The summed E-state index contributed by atoms with van der Waals surface area (Å²) in [6.45, 7) is 0. The lowest BCUT2D eigenvalue weighted by atomic mass is 9.96. The number of carbonyl (C=O) groups excluding carboxylic acids is 1.